The Morgan fingerprint density at radius 2 is 1.09 bits per heavy atom. The fraction of sp³-hybridized carbons (Fsp3) is 0.500. The van der Waals surface area contributed by atoms with Crippen molar-refractivity contribution in [3.05, 3.63) is 58.3 Å². The summed E-state index contributed by atoms with van der Waals surface area (Å²) in [4.78, 5) is 0. The second-order valence-electron chi connectivity index (χ2n) is 9.59. The van der Waals surface area contributed by atoms with Crippen molar-refractivity contribution in [2.24, 2.45) is 0 Å². The van der Waals surface area contributed by atoms with Gasteiger partial charge in [0.1, 0.15) is 0 Å². The quantitative estimate of drug-likeness (QED) is 0.357. The van der Waals surface area contributed by atoms with Gasteiger partial charge >= 0.3 is 0 Å². The highest BCUT2D eigenvalue weighted by Crippen LogP contribution is 2.37. The van der Waals surface area contributed by atoms with Gasteiger partial charge in [-0.2, -0.15) is 0 Å². The van der Waals surface area contributed by atoms with Crippen molar-refractivity contribution >= 4 is 33.7 Å². The van der Waals surface area contributed by atoms with E-state index in [2.05, 4.69) is 92.3 Å². The SMILES string of the molecule is C=Cc1c(C)/c(=C\C)c2cc(C(C)(C)C)cc3cc(C(C)(C)C)cc1c32.CC.CC.CC. The molecule has 0 aliphatic heterocycles. The van der Waals surface area contributed by atoms with E-state index < -0.39 is 0 Å². The Kier molecular flexibility index (Phi) is 11.4. The average Bonchev–Trinajstić information content (AvgIpc) is 2.76. The number of rotatable bonds is 1. The Morgan fingerprint density at radius 1 is 0.688 bits per heavy atom. The maximum Gasteiger partial charge on any atom is -0.00263 e. The lowest BCUT2D eigenvalue weighted by Gasteiger charge is -2.25. The van der Waals surface area contributed by atoms with Gasteiger partial charge in [-0.25, -0.2) is 0 Å². The summed E-state index contributed by atoms with van der Waals surface area (Å²) in [7, 11) is 0. The van der Waals surface area contributed by atoms with Crippen molar-refractivity contribution in [2.45, 2.75) is 108 Å². The highest BCUT2D eigenvalue weighted by Gasteiger charge is 2.21. The van der Waals surface area contributed by atoms with Crippen LogP contribution in [-0.4, -0.2) is 0 Å². The fourth-order valence-corrected chi connectivity index (χ4v) is 3.99. The highest BCUT2D eigenvalue weighted by molar-refractivity contribution is 6.14. The molecule has 0 heteroatoms. The van der Waals surface area contributed by atoms with E-state index in [1.807, 2.05) is 47.6 Å². The molecule has 3 aromatic rings. The second kappa shape index (κ2) is 12.2. The van der Waals surface area contributed by atoms with E-state index in [0.717, 1.165) is 0 Å². The Morgan fingerprint density at radius 3 is 1.44 bits per heavy atom. The standard InChI is InChI=1S/C26H32.3C2H6/c1-10-20-16(3)21(11-2)23-15-19(26(7,8)9)13-17-12-18(25(4,5)6)14-22(20)24(17)23;3*1-2/h10-15H,1H2,2-9H3;3*1-2H3/b21-11+;;;. The molecule has 0 bridgehead atoms. The van der Waals surface area contributed by atoms with Crippen molar-refractivity contribution in [3.8, 4) is 0 Å². The zero-order valence-corrected chi connectivity index (χ0v) is 23.7. The highest BCUT2D eigenvalue weighted by atomic mass is 14.3. The molecule has 0 atom stereocenters. The molecule has 178 valence electrons. The molecule has 0 unspecified atom stereocenters. The maximum atomic E-state index is 4.13. The number of hydrogen-bond acceptors (Lipinski definition) is 0. The van der Waals surface area contributed by atoms with Crippen molar-refractivity contribution in [2.75, 3.05) is 0 Å². The molecule has 0 N–H and O–H groups in total. The summed E-state index contributed by atoms with van der Waals surface area (Å²) in [5.41, 5.74) is 5.61. The summed E-state index contributed by atoms with van der Waals surface area (Å²) < 4.78 is 0. The van der Waals surface area contributed by atoms with Crippen LogP contribution in [0.2, 0.25) is 0 Å². The van der Waals surface area contributed by atoms with E-state index in [-0.39, 0.29) is 10.8 Å². The third-order valence-electron chi connectivity index (χ3n) is 5.66. The Bertz CT molecular complexity index is 1060. The van der Waals surface area contributed by atoms with Crippen LogP contribution >= 0.6 is 0 Å². The van der Waals surface area contributed by atoms with Gasteiger partial charge in [-0.1, -0.05) is 114 Å². The van der Waals surface area contributed by atoms with E-state index in [1.54, 1.807) is 0 Å². The van der Waals surface area contributed by atoms with Crippen molar-refractivity contribution in [1.82, 2.24) is 0 Å². The van der Waals surface area contributed by atoms with E-state index in [1.165, 1.54) is 49.0 Å². The summed E-state index contributed by atoms with van der Waals surface area (Å²) in [6.45, 7) is 34.3. The number of hydrogen-bond donors (Lipinski definition) is 0. The van der Waals surface area contributed by atoms with Crippen LogP contribution < -0.4 is 5.22 Å². The molecule has 0 radical (unpaired) electrons. The molecule has 0 aliphatic carbocycles. The van der Waals surface area contributed by atoms with Gasteiger partial charge in [0.05, 0.1) is 0 Å². The molecule has 0 aliphatic rings. The average molecular weight is 435 g/mol. The monoisotopic (exact) mass is 434 g/mol. The first kappa shape index (κ1) is 29.9. The molecule has 0 saturated carbocycles. The lowest BCUT2D eigenvalue weighted by Crippen LogP contribution is -2.16. The van der Waals surface area contributed by atoms with Gasteiger partial charge in [-0.15, -0.1) is 0 Å². The lowest BCUT2D eigenvalue weighted by atomic mass is 9.79. The van der Waals surface area contributed by atoms with Gasteiger partial charge in [0.25, 0.3) is 0 Å². The Balaban J connectivity index is 0.00000148. The minimum atomic E-state index is 0.115. The molecule has 0 saturated heterocycles. The summed E-state index contributed by atoms with van der Waals surface area (Å²) >= 11 is 0. The molecule has 0 fully saturated rings. The number of benzene rings is 3. The summed E-state index contributed by atoms with van der Waals surface area (Å²) in [5, 5.41) is 6.77. The van der Waals surface area contributed by atoms with Crippen molar-refractivity contribution < 1.29 is 0 Å². The molecule has 32 heavy (non-hydrogen) atoms. The van der Waals surface area contributed by atoms with Crippen LogP contribution in [0.5, 0.6) is 0 Å². The van der Waals surface area contributed by atoms with Crippen LogP contribution in [-0.2, 0) is 10.8 Å². The van der Waals surface area contributed by atoms with Crippen molar-refractivity contribution in [3.63, 3.8) is 0 Å². The fourth-order valence-electron chi connectivity index (χ4n) is 3.99. The second-order valence-corrected chi connectivity index (χ2v) is 9.59. The molecule has 0 heterocycles. The Labute approximate surface area is 199 Å². The first-order valence-corrected chi connectivity index (χ1v) is 12.6. The van der Waals surface area contributed by atoms with Crippen LogP contribution in [0.3, 0.4) is 0 Å². The maximum absolute atomic E-state index is 4.13. The summed E-state index contributed by atoms with van der Waals surface area (Å²) in [6.07, 6.45) is 4.28. The molecule has 3 rings (SSSR count). The molecular formula is C32H50. The van der Waals surface area contributed by atoms with Gasteiger partial charge in [0, 0.05) is 0 Å². The van der Waals surface area contributed by atoms with Gasteiger partial charge in [0.2, 0.25) is 0 Å². The van der Waals surface area contributed by atoms with Gasteiger partial charge < -0.3 is 0 Å². The van der Waals surface area contributed by atoms with E-state index in [0.29, 0.717) is 0 Å². The van der Waals surface area contributed by atoms with Crippen LogP contribution in [0.25, 0.3) is 33.7 Å². The zero-order valence-electron chi connectivity index (χ0n) is 23.7. The van der Waals surface area contributed by atoms with Crippen LogP contribution in [0.15, 0.2) is 30.8 Å². The lowest BCUT2D eigenvalue weighted by molar-refractivity contribution is 0.590. The normalized spacial score (nSPS) is 11.8. The molecule has 0 amide bonds. The molecule has 0 nitrogen and oxygen atoms in total. The third-order valence-corrected chi connectivity index (χ3v) is 5.66. The van der Waals surface area contributed by atoms with Gasteiger partial charge in [-0.05, 0) is 85.8 Å². The minimum Gasteiger partial charge on any atom is -0.0984 e. The van der Waals surface area contributed by atoms with E-state index in [9.17, 15) is 0 Å². The smallest absolute Gasteiger partial charge is 0.00263 e. The van der Waals surface area contributed by atoms with E-state index in [4.69, 9.17) is 0 Å². The first-order valence-electron chi connectivity index (χ1n) is 12.6. The Hall–Kier alpha value is -2.08. The predicted molar refractivity (Wildman–Crippen MR) is 153 cm³/mol. The summed E-state index contributed by atoms with van der Waals surface area (Å²) in [5.74, 6) is 0. The van der Waals surface area contributed by atoms with Crippen LogP contribution in [0.1, 0.15) is 112 Å². The van der Waals surface area contributed by atoms with E-state index >= 15 is 0 Å². The van der Waals surface area contributed by atoms with Gasteiger partial charge in [-0.3, -0.25) is 0 Å². The van der Waals surface area contributed by atoms with Crippen LogP contribution in [0, 0.1) is 6.92 Å². The molecule has 0 aromatic heterocycles. The van der Waals surface area contributed by atoms with Crippen LogP contribution in [0.4, 0.5) is 0 Å². The largest absolute Gasteiger partial charge is 0.0984 e. The topological polar surface area (TPSA) is 0 Å². The molecular weight excluding hydrogens is 384 g/mol. The third kappa shape index (κ3) is 6.03. The zero-order chi connectivity index (χ0) is 25.4. The molecule has 0 spiro atoms. The van der Waals surface area contributed by atoms with Gasteiger partial charge in [0.15, 0.2) is 0 Å². The first-order chi connectivity index (χ1) is 15.0. The predicted octanol–water partition coefficient (Wildman–Crippen LogP) is 10.1. The molecule has 3 aromatic carbocycles. The van der Waals surface area contributed by atoms with Crippen molar-refractivity contribution in [1.29, 1.82) is 0 Å². The summed E-state index contributed by atoms with van der Waals surface area (Å²) in [6, 6.07) is 9.58. The minimum absolute atomic E-state index is 0.115.